The predicted molar refractivity (Wildman–Crippen MR) is 129 cm³/mol. The molecule has 0 radical (unpaired) electrons. The third-order valence-electron chi connectivity index (χ3n) is 6.03. The van der Waals surface area contributed by atoms with Gasteiger partial charge in [-0.3, -0.25) is 9.59 Å². The number of hydrogen-bond donors (Lipinski definition) is 2. The van der Waals surface area contributed by atoms with Crippen LogP contribution in [0.15, 0.2) is 54.6 Å². The number of rotatable bonds is 7. The molecule has 4 amide bonds. The van der Waals surface area contributed by atoms with Gasteiger partial charge in [-0.15, -0.1) is 0 Å². The summed E-state index contributed by atoms with van der Waals surface area (Å²) in [7, 11) is 3.11. The van der Waals surface area contributed by atoms with Crippen LogP contribution in [0.2, 0.25) is 0 Å². The number of benzene rings is 2. The van der Waals surface area contributed by atoms with Crippen LogP contribution in [0.25, 0.3) is 0 Å². The number of carbonyl (C=O) groups is 3. The zero-order chi connectivity index (χ0) is 24.8. The third-order valence-corrected chi connectivity index (χ3v) is 6.03. The van der Waals surface area contributed by atoms with Gasteiger partial charge in [-0.25, -0.2) is 9.18 Å². The van der Waals surface area contributed by atoms with Crippen molar-refractivity contribution in [1.29, 1.82) is 0 Å². The van der Waals surface area contributed by atoms with Crippen molar-refractivity contribution in [3.05, 3.63) is 71.3 Å². The van der Waals surface area contributed by atoms with Gasteiger partial charge in [-0.2, -0.15) is 0 Å². The van der Waals surface area contributed by atoms with Crippen LogP contribution in [0.5, 0.6) is 0 Å². The van der Waals surface area contributed by atoms with Crippen LogP contribution in [-0.2, 0) is 9.59 Å². The smallest absolute Gasteiger partial charge is 0.317 e. The van der Waals surface area contributed by atoms with E-state index in [0.717, 1.165) is 11.1 Å². The largest absolute Gasteiger partial charge is 0.343 e. The molecule has 1 fully saturated rings. The molecule has 0 saturated carbocycles. The highest BCUT2D eigenvalue weighted by atomic mass is 19.1. The molecule has 34 heavy (non-hydrogen) atoms. The maximum atomic E-state index is 14.3. The molecule has 2 aromatic rings. The Bertz CT molecular complexity index is 995. The average Bonchev–Trinajstić information content (AvgIpc) is 3.23. The van der Waals surface area contributed by atoms with Gasteiger partial charge < -0.3 is 20.4 Å². The molecule has 7 nitrogen and oxygen atoms in total. The minimum absolute atomic E-state index is 0.0764. The lowest BCUT2D eigenvalue weighted by molar-refractivity contribution is -0.137. The Morgan fingerprint density at radius 2 is 1.59 bits per heavy atom. The minimum atomic E-state index is -1.30. The second kappa shape index (κ2) is 11.1. The molecule has 2 aromatic carbocycles. The highest BCUT2D eigenvalue weighted by Gasteiger charge is 2.40. The first-order valence-electron chi connectivity index (χ1n) is 11.5. The molecule has 0 aromatic heterocycles. The minimum Gasteiger partial charge on any atom is -0.343 e. The predicted octanol–water partition coefficient (Wildman–Crippen LogP) is 3.23. The zero-order valence-corrected chi connectivity index (χ0v) is 20.1. The lowest BCUT2D eigenvalue weighted by Crippen LogP contribution is -2.50. The van der Waals surface area contributed by atoms with E-state index >= 15 is 0 Å². The van der Waals surface area contributed by atoms with Crippen LogP contribution in [-0.4, -0.2) is 67.0 Å². The van der Waals surface area contributed by atoms with Crippen molar-refractivity contribution in [2.24, 2.45) is 0 Å². The van der Waals surface area contributed by atoms with Crippen molar-refractivity contribution in [2.45, 2.75) is 44.4 Å². The molecule has 3 atom stereocenters. The monoisotopic (exact) mass is 468 g/mol. The van der Waals surface area contributed by atoms with E-state index < -0.39 is 36.1 Å². The highest BCUT2D eigenvalue weighted by Crippen LogP contribution is 2.27. The number of carbonyl (C=O) groups excluding carboxylic acids is 3. The first-order chi connectivity index (χ1) is 16.2. The second-order valence-electron chi connectivity index (χ2n) is 9.12. The molecule has 0 spiro atoms. The molecule has 1 aliphatic rings. The van der Waals surface area contributed by atoms with Crippen LogP contribution in [0, 0.1) is 0 Å². The number of nitrogens with one attached hydrogen (secondary N) is 2. The maximum Gasteiger partial charge on any atom is 0.317 e. The molecule has 182 valence electrons. The number of urea groups is 1. The molecule has 1 aliphatic heterocycles. The van der Waals surface area contributed by atoms with Gasteiger partial charge in [0.1, 0.15) is 12.2 Å². The van der Waals surface area contributed by atoms with E-state index in [9.17, 15) is 18.8 Å². The Balaban J connectivity index is 1.79. The summed E-state index contributed by atoms with van der Waals surface area (Å²) in [5, 5.41) is 5.52. The lowest BCUT2D eigenvalue weighted by Gasteiger charge is -2.27. The van der Waals surface area contributed by atoms with Gasteiger partial charge in [0.15, 0.2) is 0 Å². The standard InChI is InChI=1S/C26H33FN4O3/c1-17(2)18-10-12-20(13-11-18)24(19-8-6-5-7-9-19)29-25(33)22-14-21(27)16-31(22)23(32)15-28-26(34)30(3)4/h5-13,17,21-22,24H,14-16H2,1-4H3,(H,28,34)(H,29,33). The number of likely N-dealkylation sites (tertiary alicyclic amines) is 1. The third kappa shape index (κ3) is 6.12. The first kappa shape index (κ1) is 25.2. The molecule has 0 aliphatic carbocycles. The fourth-order valence-electron chi connectivity index (χ4n) is 4.04. The molecule has 8 heteroatoms. The van der Waals surface area contributed by atoms with Crippen molar-refractivity contribution in [1.82, 2.24) is 20.4 Å². The van der Waals surface area contributed by atoms with Crippen LogP contribution < -0.4 is 10.6 Å². The van der Waals surface area contributed by atoms with Crippen molar-refractivity contribution >= 4 is 17.8 Å². The van der Waals surface area contributed by atoms with Crippen LogP contribution >= 0.6 is 0 Å². The molecule has 3 rings (SSSR count). The highest BCUT2D eigenvalue weighted by molar-refractivity contribution is 5.91. The van der Waals surface area contributed by atoms with Gasteiger partial charge in [-0.1, -0.05) is 68.4 Å². The van der Waals surface area contributed by atoms with Crippen LogP contribution in [0.4, 0.5) is 9.18 Å². The maximum absolute atomic E-state index is 14.3. The first-order valence-corrected chi connectivity index (χ1v) is 11.5. The SMILES string of the molecule is CC(C)c1ccc(C(NC(=O)C2CC(F)CN2C(=O)CNC(=O)N(C)C)c2ccccc2)cc1. The van der Waals surface area contributed by atoms with E-state index in [-0.39, 0.29) is 19.5 Å². The van der Waals surface area contributed by atoms with E-state index in [1.165, 1.54) is 15.4 Å². The Labute approximate surface area is 200 Å². The molecule has 1 heterocycles. The molecule has 0 bridgehead atoms. The number of nitrogens with zero attached hydrogens (tertiary/aromatic N) is 2. The summed E-state index contributed by atoms with van der Waals surface area (Å²) in [6.45, 7) is 3.76. The normalized spacial score (nSPS) is 18.5. The van der Waals surface area contributed by atoms with Crippen LogP contribution in [0.1, 0.15) is 48.9 Å². The lowest BCUT2D eigenvalue weighted by atomic mass is 9.95. The number of alkyl halides is 1. The summed E-state index contributed by atoms with van der Waals surface area (Å²) in [5.74, 6) is -0.534. The topological polar surface area (TPSA) is 81.8 Å². The van der Waals surface area contributed by atoms with Crippen LogP contribution in [0.3, 0.4) is 0 Å². The van der Waals surface area contributed by atoms with Gasteiger partial charge >= 0.3 is 6.03 Å². The van der Waals surface area contributed by atoms with E-state index in [1.807, 2.05) is 54.6 Å². The molecule has 2 N–H and O–H groups in total. The fraction of sp³-hybridized carbons (Fsp3) is 0.423. The number of halogens is 1. The summed E-state index contributed by atoms with van der Waals surface area (Å²) in [4.78, 5) is 40.3. The molecular weight excluding hydrogens is 435 g/mol. The Morgan fingerprint density at radius 3 is 2.18 bits per heavy atom. The quantitative estimate of drug-likeness (QED) is 0.655. The second-order valence-corrected chi connectivity index (χ2v) is 9.12. The summed E-state index contributed by atoms with van der Waals surface area (Å²) < 4.78 is 14.3. The van der Waals surface area contributed by atoms with Crippen molar-refractivity contribution in [2.75, 3.05) is 27.2 Å². The number of hydrogen-bond acceptors (Lipinski definition) is 3. The van der Waals surface area contributed by atoms with E-state index in [2.05, 4.69) is 24.5 Å². The van der Waals surface area contributed by atoms with E-state index in [4.69, 9.17) is 0 Å². The van der Waals surface area contributed by atoms with Crippen molar-refractivity contribution in [3.8, 4) is 0 Å². The summed E-state index contributed by atoms with van der Waals surface area (Å²) in [6, 6.07) is 15.8. The molecular formula is C26H33FN4O3. The molecule has 3 unspecified atom stereocenters. The van der Waals surface area contributed by atoms with Gasteiger partial charge in [0.25, 0.3) is 0 Å². The van der Waals surface area contributed by atoms with Gasteiger partial charge in [0.05, 0.1) is 19.1 Å². The summed E-state index contributed by atoms with van der Waals surface area (Å²) >= 11 is 0. The Morgan fingerprint density at radius 1 is 1.00 bits per heavy atom. The van der Waals surface area contributed by atoms with Gasteiger partial charge in [0, 0.05) is 20.5 Å². The summed E-state index contributed by atoms with van der Waals surface area (Å²) in [6.07, 6.45) is -1.38. The van der Waals surface area contributed by atoms with Gasteiger partial charge in [-0.05, 0) is 22.6 Å². The number of amides is 4. The summed E-state index contributed by atoms with van der Waals surface area (Å²) in [5.41, 5.74) is 2.98. The fourth-order valence-corrected chi connectivity index (χ4v) is 4.04. The van der Waals surface area contributed by atoms with E-state index in [1.54, 1.807) is 14.1 Å². The van der Waals surface area contributed by atoms with Crippen molar-refractivity contribution in [3.63, 3.8) is 0 Å². The van der Waals surface area contributed by atoms with E-state index in [0.29, 0.717) is 5.92 Å². The van der Waals surface area contributed by atoms with Gasteiger partial charge in [0.2, 0.25) is 11.8 Å². The Kier molecular flexibility index (Phi) is 8.26. The average molecular weight is 469 g/mol. The van der Waals surface area contributed by atoms with Crippen molar-refractivity contribution < 1.29 is 18.8 Å². The Hall–Kier alpha value is -3.42. The molecule has 1 saturated heterocycles. The zero-order valence-electron chi connectivity index (χ0n) is 20.1.